The number of piperidine rings is 3. The summed E-state index contributed by atoms with van der Waals surface area (Å²) in [6.07, 6.45) is 6.69. The summed E-state index contributed by atoms with van der Waals surface area (Å²) in [6, 6.07) is 23.9. The van der Waals surface area contributed by atoms with Gasteiger partial charge in [0.1, 0.15) is 60.9 Å². The second-order valence-corrected chi connectivity index (χ2v) is 27.9. The Morgan fingerprint density at radius 2 is 0.772 bits per heavy atom. The lowest BCUT2D eigenvalue weighted by atomic mass is 9.95. The monoisotopic (exact) mass is 1260 g/mol. The lowest BCUT2D eigenvalue weighted by Crippen LogP contribution is -3.00. The molecule has 9 aliphatic heterocycles. The van der Waals surface area contributed by atoms with E-state index in [1.165, 1.54) is 75.1 Å². The third-order valence-electron chi connectivity index (χ3n) is 17.7. The smallest absolute Gasteiger partial charge is 0.349 e. The maximum Gasteiger partial charge on any atom is 0.349 e. The fraction of sp³-hybridized carbons (Fsp3) is 0.518. The molecule has 0 saturated carbocycles. The van der Waals surface area contributed by atoms with Crippen molar-refractivity contribution in [3.05, 3.63) is 134 Å². The summed E-state index contributed by atoms with van der Waals surface area (Å²) in [5.41, 5.74) is -5.11. The van der Waals surface area contributed by atoms with Gasteiger partial charge in [-0.15, -0.1) is 68.0 Å². The number of aliphatic hydroxyl groups is 4. The van der Waals surface area contributed by atoms with Gasteiger partial charge >= 0.3 is 17.9 Å². The van der Waals surface area contributed by atoms with E-state index in [1.807, 2.05) is 56.5 Å². The van der Waals surface area contributed by atoms with Gasteiger partial charge < -0.3 is 70.3 Å². The van der Waals surface area contributed by atoms with Crippen LogP contribution in [-0.4, -0.2) is 179 Å². The highest BCUT2D eigenvalue weighted by Crippen LogP contribution is 2.53. The van der Waals surface area contributed by atoms with Crippen molar-refractivity contribution in [2.24, 2.45) is 0 Å². The van der Waals surface area contributed by atoms with Gasteiger partial charge in [0.25, 0.3) is 0 Å². The van der Waals surface area contributed by atoms with E-state index in [1.54, 1.807) is 48.5 Å². The van der Waals surface area contributed by atoms with Crippen LogP contribution in [0.2, 0.25) is 0 Å². The topological polar surface area (TPSA) is 204 Å². The molecule has 15 rings (SSSR count). The van der Waals surface area contributed by atoms with Gasteiger partial charge in [0, 0.05) is 49.9 Å². The highest BCUT2D eigenvalue weighted by molar-refractivity contribution is 7.13. The van der Waals surface area contributed by atoms with E-state index in [0.717, 1.165) is 43.0 Å². The van der Waals surface area contributed by atoms with Crippen LogP contribution in [-0.2, 0) is 59.6 Å². The molecule has 9 saturated heterocycles. The van der Waals surface area contributed by atoms with Gasteiger partial charge in [-0.05, 0) is 95.6 Å². The molecule has 9 aliphatic rings. The molecule has 15 heterocycles. The average molecular weight is 1260 g/mol. The number of methoxy groups -OCH3 is 1. The number of likely N-dealkylation sites (N-methyl/N-ethyl adjacent to an activating group) is 3. The molecule has 4 N–H and O–H groups in total. The molecular formula is C56H64BrN3O13S6. The molecule has 0 radical (unpaired) electrons. The van der Waals surface area contributed by atoms with Gasteiger partial charge in [-0.3, -0.25) is 9.80 Å². The highest BCUT2D eigenvalue weighted by atomic mass is 79.9. The molecule has 424 valence electrons. The van der Waals surface area contributed by atoms with Crippen molar-refractivity contribution in [2.45, 2.75) is 147 Å². The minimum absolute atomic E-state index is 0. The van der Waals surface area contributed by atoms with E-state index < -0.39 is 34.7 Å². The summed E-state index contributed by atoms with van der Waals surface area (Å²) in [6.45, 7) is 0. The molecule has 23 heteroatoms. The fourth-order valence-corrected chi connectivity index (χ4v) is 18.5. The number of thiophene rings is 6. The molecule has 9 fully saturated rings. The number of carbonyl (C=O) groups is 3. The third kappa shape index (κ3) is 10.2. The Kier molecular flexibility index (Phi) is 16.3. The maximum atomic E-state index is 13.1. The standard InChI is InChI=1S/C19H22NO4S2.C18H19NO4S2.C11H10O3S2.C8H13NO2.BrH/c1-20(2)12-9-11(10-13(20)17-16(12)24-17)23-18(21)19(22,14-5-3-7-25-14)15-6-4-8-26-15;1-19-11-8-10(9-12(19)16-15(11)23-16)22-17(20)18(21,13-4-2-6-24-13)14-5-3-7-25-14;1-14-10(12)11(13,8-4-2-6-15-8)9-5-3-7-16-9;1-9-5-2-4(10)3-6(9)8-7(5)11-8;/h3-8,11-13,16-17,22H,9-10H2,1-2H3;2-7,10-12,15-16,21H,8-9H2,1H3;2-7,13H,1H3;4-8,10H,2-3H2,1H3;1H/q+1;;;;/p-1. The van der Waals surface area contributed by atoms with Gasteiger partial charge in [0.2, 0.25) is 16.8 Å². The number of quaternary nitrogens is 1. The summed E-state index contributed by atoms with van der Waals surface area (Å²) in [5.74, 6) is -1.79. The van der Waals surface area contributed by atoms with Crippen LogP contribution < -0.4 is 17.0 Å². The molecule has 6 aromatic heterocycles. The third-order valence-corrected chi connectivity index (χ3v) is 23.6. The van der Waals surface area contributed by atoms with E-state index in [0.29, 0.717) is 102 Å². The van der Waals surface area contributed by atoms with Crippen molar-refractivity contribution in [1.82, 2.24) is 9.80 Å². The Labute approximate surface area is 493 Å². The molecule has 6 bridgehead atoms. The van der Waals surface area contributed by atoms with Crippen LogP contribution in [0.15, 0.2) is 105 Å². The molecule has 6 aromatic rings. The Hall–Kier alpha value is -3.31. The normalized spacial score (nSPS) is 32.8. The number of carbonyl (C=O) groups excluding carboxylic acids is 3. The van der Waals surface area contributed by atoms with Crippen LogP contribution in [0.25, 0.3) is 0 Å². The number of esters is 3. The maximum absolute atomic E-state index is 13.1. The van der Waals surface area contributed by atoms with Gasteiger partial charge in [-0.2, -0.15) is 0 Å². The number of aliphatic hydroxyl groups excluding tert-OH is 1. The number of halogens is 1. The van der Waals surface area contributed by atoms with Crippen LogP contribution in [0.5, 0.6) is 0 Å². The van der Waals surface area contributed by atoms with E-state index in [9.17, 15) is 34.8 Å². The molecule has 79 heavy (non-hydrogen) atoms. The molecular weight excluding hydrogens is 1190 g/mol. The van der Waals surface area contributed by atoms with Crippen LogP contribution in [0, 0.1) is 0 Å². The van der Waals surface area contributed by atoms with Crippen LogP contribution in [0.1, 0.15) is 67.8 Å². The zero-order valence-electron chi connectivity index (χ0n) is 43.9. The van der Waals surface area contributed by atoms with E-state index in [-0.39, 0.29) is 35.3 Å². The summed E-state index contributed by atoms with van der Waals surface area (Å²) in [5, 5.41) is 53.8. The van der Waals surface area contributed by atoms with E-state index >= 15 is 0 Å². The fourth-order valence-electron chi connectivity index (χ4n) is 13.3. The Morgan fingerprint density at radius 1 is 0.494 bits per heavy atom. The summed E-state index contributed by atoms with van der Waals surface area (Å²) >= 11 is 8.13. The molecule has 16 nitrogen and oxygen atoms in total. The summed E-state index contributed by atoms with van der Waals surface area (Å²) in [7, 11) is 10.0. The number of ether oxygens (including phenoxy) is 6. The molecule has 12 atom stereocenters. The first kappa shape index (κ1) is 57.5. The zero-order valence-corrected chi connectivity index (χ0v) is 50.4. The Balaban J connectivity index is 0.000000116. The van der Waals surface area contributed by atoms with Crippen molar-refractivity contribution in [3.63, 3.8) is 0 Å². The number of hydrogen-bond acceptors (Lipinski definition) is 21. The molecule has 0 aromatic carbocycles. The predicted octanol–water partition coefficient (Wildman–Crippen LogP) is 3.36. The minimum Gasteiger partial charge on any atom is -1.00 e. The minimum atomic E-state index is -1.72. The number of hydrogen-bond donors (Lipinski definition) is 4. The number of epoxide rings is 3. The Morgan fingerprint density at radius 3 is 1.06 bits per heavy atom. The molecule has 0 spiro atoms. The van der Waals surface area contributed by atoms with Crippen molar-refractivity contribution >= 4 is 85.9 Å². The molecule has 0 amide bonds. The van der Waals surface area contributed by atoms with Gasteiger partial charge in [0.15, 0.2) is 0 Å². The number of rotatable bonds is 11. The predicted molar refractivity (Wildman–Crippen MR) is 297 cm³/mol. The van der Waals surface area contributed by atoms with Gasteiger partial charge in [-0.1, -0.05) is 36.4 Å². The molecule has 12 unspecified atom stereocenters. The summed E-state index contributed by atoms with van der Waals surface area (Å²) < 4.78 is 34.4. The second kappa shape index (κ2) is 22.4. The molecule has 0 aliphatic carbocycles. The zero-order chi connectivity index (χ0) is 54.5. The van der Waals surface area contributed by atoms with E-state index in [2.05, 4.69) is 42.7 Å². The Bertz CT molecular complexity index is 2860. The summed E-state index contributed by atoms with van der Waals surface area (Å²) in [4.78, 5) is 46.2. The lowest BCUT2D eigenvalue weighted by Gasteiger charge is -2.45. The average Bonchev–Trinajstić information content (AvgIpc) is 3.48. The lowest BCUT2D eigenvalue weighted by molar-refractivity contribution is -0.938. The number of morpholine rings is 3. The first-order valence-electron chi connectivity index (χ1n) is 26.3. The highest BCUT2D eigenvalue weighted by Gasteiger charge is 2.71. The number of fused-ring (bicyclic) bond motifs is 15. The SMILES string of the molecule is CN1C2CC(O)CC1C1OC12.CN1C2CC(OC(=O)C(O)(c3cccs3)c3cccs3)CC1C1OC12.COC(=O)C(O)(c1cccs1)c1cccs1.C[N+]1(C)C2CC(OC(=O)C(O)(c3cccs3)c3cccs3)CC1C1OC12.[Br-]. The van der Waals surface area contributed by atoms with Crippen LogP contribution in [0.3, 0.4) is 0 Å². The van der Waals surface area contributed by atoms with Crippen LogP contribution in [0.4, 0.5) is 0 Å². The van der Waals surface area contributed by atoms with Crippen molar-refractivity contribution in [2.75, 3.05) is 35.3 Å². The van der Waals surface area contributed by atoms with Crippen LogP contribution >= 0.6 is 68.0 Å². The largest absolute Gasteiger partial charge is 1.00 e. The number of nitrogens with zero attached hydrogens (tertiary/aromatic N) is 3. The first-order valence-corrected chi connectivity index (χ1v) is 31.6. The first-order chi connectivity index (χ1) is 37.5. The van der Waals surface area contributed by atoms with Crippen molar-refractivity contribution < 1.29 is 84.7 Å². The quantitative estimate of drug-likeness (QED) is 0.0636. The second-order valence-electron chi connectivity index (χ2n) is 22.2. The van der Waals surface area contributed by atoms with Gasteiger partial charge in [0.05, 0.1) is 56.6 Å². The van der Waals surface area contributed by atoms with Gasteiger partial charge in [-0.25, -0.2) is 14.4 Å². The van der Waals surface area contributed by atoms with E-state index in [4.69, 9.17) is 23.7 Å². The van der Waals surface area contributed by atoms with Crippen molar-refractivity contribution in [1.29, 1.82) is 0 Å². The van der Waals surface area contributed by atoms with Crippen molar-refractivity contribution in [3.8, 4) is 0 Å².